The van der Waals surface area contributed by atoms with E-state index in [2.05, 4.69) is 95.0 Å². The minimum atomic E-state index is 0.914. The number of rotatable bonds is 5. The number of fused-ring (bicyclic) bond motifs is 9. The molecule has 0 radical (unpaired) electrons. The predicted octanol–water partition coefficient (Wildman–Crippen LogP) is 14.6. The number of hydrogen-bond acceptors (Lipinski definition) is 5. The van der Waals surface area contributed by atoms with Gasteiger partial charge >= 0.3 is 0 Å². The fourth-order valence-corrected chi connectivity index (χ4v) is 15.1. The summed E-state index contributed by atoms with van der Waals surface area (Å²) >= 11 is 0. The summed E-state index contributed by atoms with van der Waals surface area (Å²) in [5.41, 5.74) is 0. The zero-order valence-corrected chi connectivity index (χ0v) is 46.5. The second-order valence-corrected chi connectivity index (χ2v) is 21.5. The highest BCUT2D eigenvalue weighted by Crippen LogP contribution is 2.51. The Bertz CT molecular complexity index is 970. The molecule has 4 atom stereocenters. The van der Waals surface area contributed by atoms with E-state index in [0.29, 0.717) is 0 Å². The molecule has 0 aliphatic heterocycles. The summed E-state index contributed by atoms with van der Waals surface area (Å²) in [4.78, 5) is 12.2. The topological polar surface area (TPSA) is 16.2 Å². The third kappa shape index (κ3) is 17.1. The average molecular weight is 875 g/mol. The Labute approximate surface area is 393 Å². The van der Waals surface area contributed by atoms with E-state index in [-0.39, 0.29) is 0 Å². The largest absolute Gasteiger partial charge is 0.306 e. The summed E-state index contributed by atoms with van der Waals surface area (Å²) in [5.74, 6) is 10.6. The van der Waals surface area contributed by atoms with Crippen molar-refractivity contribution >= 4 is 0 Å². The van der Waals surface area contributed by atoms with Crippen LogP contribution in [0.5, 0.6) is 0 Å². The first kappa shape index (κ1) is 59.8. The first-order valence-electron chi connectivity index (χ1n) is 28.2. The minimum absolute atomic E-state index is 0.914. The number of nitrogens with zero attached hydrogens (tertiary/aromatic N) is 5. The monoisotopic (exact) mass is 874 g/mol. The first-order valence-corrected chi connectivity index (χ1v) is 28.2. The molecule has 0 spiro atoms. The Morgan fingerprint density at radius 1 is 0.226 bits per heavy atom. The van der Waals surface area contributed by atoms with Crippen LogP contribution in [0.25, 0.3) is 0 Å². The Balaban J connectivity index is 0.000000369. The second kappa shape index (κ2) is 32.5. The molecule has 12 saturated carbocycles. The highest BCUT2D eigenvalue weighted by molar-refractivity contribution is 5.01. The van der Waals surface area contributed by atoms with Gasteiger partial charge in [0.1, 0.15) is 0 Å². The Morgan fingerprint density at radius 3 is 0.613 bits per heavy atom. The lowest BCUT2D eigenvalue weighted by Gasteiger charge is -2.47. The van der Waals surface area contributed by atoms with Crippen molar-refractivity contribution in [2.75, 3.05) is 70.5 Å². The van der Waals surface area contributed by atoms with Gasteiger partial charge in [-0.1, -0.05) is 88.5 Å². The van der Waals surface area contributed by atoms with Crippen LogP contribution in [0.4, 0.5) is 0 Å². The van der Waals surface area contributed by atoms with E-state index in [1.54, 1.807) is 12.8 Å². The Kier molecular flexibility index (Phi) is 31.3. The van der Waals surface area contributed by atoms with Crippen LogP contribution in [-0.2, 0) is 0 Å². The summed E-state index contributed by atoms with van der Waals surface area (Å²) < 4.78 is 0. The van der Waals surface area contributed by atoms with Gasteiger partial charge in [-0.25, -0.2) is 0 Å². The van der Waals surface area contributed by atoms with Crippen molar-refractivity contribution < 1.29 is 0 Å². The molecule has 0 aromatic heterocycles. The first-order chi connectivity index (χ1) is 29.9. The third-order valence-electron chi connectivity index (χ3n) is 17.2. The van der Waals surface area contributed by atoms with E-state index in [9.17, 15) is 0 Å². The van der Waals surface area contributed by atoms with Gasteiger partial charge in [0.25, 0.3) is 0 Å². The average Bonchev–Trinajstić information content (AvgIpc) is 4.13. The smallest absolute Gasteiger partial charge is 0.0146 e. The lowest BCUT2D eigenvalue weighted by molar-refractivity contribution is 0.0451. The molecule has 372 valence electrons. The molecule has 5 nitrogen and oxygen atoms in total. The summed E-state index contributed by atoms with van der Waals surface area (Å²) in [6.07, 6.45) is 33.1. The van der Waals surface area contributed by atoms with Crippen molar-refractivity contribution in [3.05, 3.63) is 0 Å². The highest BCUT2D eigenvalue weighted by Gasteiger charge is 2.47. The maximum Gasteiger partial charge on any atom is 0.0146 e. The standard InChI is InChI=1S/C11H21N.C10H19N.2C9H17N.C8H15N.5C2H6/c1-12(2)11-9-5-3-6-10(11)8-4-7-9;1-11(2)10-8-4-3-5-9(10)7-6-8;1-10(2)9-5-7-3-8(4-7)6-9;1-10(2)9-7-3-4-8(9)6-5-7;1-9(2)8-6-3-4-7(8)5-6;5*1-2/h9-11H,3-8H2,1-2H3;8-10H,3-7H2,1-2H3;2*7-9H,3-6H2,1-2H3;6-8H,3-5H2,1-2H3;5*1-2H3. The van der Waals surface area contributed by atoms with E-state index in [4.69, 9.17) is 0 Å². The fourth-order valence-electron chi connectivity index (χ4n) is 15.1. The van der Waals surface area contributed by atoms with Crippen LogP contribution in [-0.4, -0.2) is 125 Å². The fraction of sp³-hybridized carbons (Fsp3) is 1.00. The van der Waals surface area contributed by atoms with Gasteiger partial charge in [-0.15, -0.1) is 0 Å². The van der Waals surface area contributed by atoms with Crippen molar-refractivity contribution in [3.63, 3.8) is 0 Å². The molecule has 0 aromatic carbocycles. The number of hydrogen-bond donors (Lipinski definition) is 0. The molecule has 0 N–H and O–H groups in total. The molecule has 62 heavy (non-hydrogen) atoms. The molecule has 0 amide bonds. The van der Waals surface area contributed by atoms with Gasteiger partial charge in [0.05, 0.1) is 0 Å². The molecule has 12 fully saturated rings. The molecule has 4 unspecified atom stereocenters. The maximum atomic E-state index is 2.48. The Morgan fingerprint density at radius 2 is 0.435 bits per heavy atom. The van der Waals surface area contributed by atoms with Gasteiger partial charge in [0, 0.05) is 30.2 Å². The molecule has 0 heterocycles. The summed E-state index contributed by atoms with van der Waals surface area (Å²) in [6, 6.07) is 4.68. The minimum Gasteiger partial charge on any atom is -0.306 e. The molecule has 5 heteroatoms. The van der Waals surface area contributed by atoms with Crippen molar-refractivity contribution in [3.8, 4) is 0 Å². The van der Waals surface area contributed by atoms with Gasteiger partial charge < -0.3 is 24.5 Å². The molecular weight excluding hydrogens is 755 g/mol. The van der Waals surface area contributed by atoms with Crippen molar-refractivity contribution in [2.45, 2.75) is 241 Å². The maximum absolute atomic E-state index is 2.48. The molecule has 0 saturated heterocycles. The van der Waals surface area contributed by atoms with E-state index >= 15 is 0 Å². The molecule has 10 bridgehead atoms. The van der Waals surface area contributed by atoms with E-state index < -0.39 is 0 Å². The quantitative estimate of drug-likeness (QED) is 0.273. The van der Waals surface area contributed by atoms with Crippen LogP contribution in [0.15, 0.2) is 0 Å². The van der Waals surface area contributed by atoms with Crippen LogP contribution >= 0.6 is 0 Å². The van der Waals surface area contributed by atoms with Gasteiger partial charge in [0.2, 0.25) is 0 Å². The zero-order valence-electron chi connectivity index (χ0n) is 46.5. The molecular formula is C57H119N5. The molecule has 12 aliphatic rings. The van der Waals surface area contributed by atoms with Gasteiger partial charge in [-0.3, -0.25) is 0 Å². The molecule has 0 aromatic rings. The van der Waals surface area contributed by atoms with Crippen molar-refractivity contribution in [1.82, 2.24) is 24.5 Å². The van der Waals surface area contributed by atoms with Crippen LogP contribution in [0.2, 0.25) is 0 Å². The predicted molar refractivity (Wildman–Crippen MR) is 281 cm³/mol. The lowest BCUT2D eigenvalue weighted by atomic mass is 9.63. The van der Waals surface area contributed by atoms with Gasteiger partial charge in [0.15, 0.2) is 0 Å². The van der Waals surface area contributed by atoms with E-state index in [1.165, 1.54) is 128 Å². The molecule has 12 rings (SSSR count). The van der Waals surface area contributed by atoms with E-state index in [0.717, 1.165) is 89.4 Å². The summed E-state index contributed by atoms with van der Waals surface area (Å²) in [5, 5.41) is 0. The third-order valence-corrected chi connectivity index (χ3v) is 17.2. The normalized spacial score (nSPS) is 37.8. The zero-order chi connectivity index (χ0) is 47.1. The SMILES string of the molecule is CC.CC.CC.CC.CC.CN(C)C1C2CCC1C2.CN(C)C1C2CCC1CC2.CN(C)C1C2CCCC1CC2.CN(C)C1C2CCCC1CCC2.CN(C)C1CC2CC(C2)C1. The lowest BCUT2D eigenvalue weighted by Crippen LogP contribution is -2.46. The van der Waals surface area contributed by atoms with Crippen molar-refractivity contribution in [2.24, 2.45) is 59.2 Å². The van der Waals surface area contributed by atoms with Crippen LogP contribution in [0.1, 0.15) is 210 Å². The van der Waals surface area contributed by atoms with E-state index in [1.807, 2.05) is 69.2 Å². The summed E-state index contributed by atoms with van der Waals surface area (Å²) in [7, 11) is 22.4. The Hall–Kier alpha value is -0.200. The van der Waals surface area contributed by atoms with Gasteiger partial charge in [-0.2, -0.15) is 0 Å². The molecule has 12 aliphatic carbocycles. The van der Waals surface area contributed by atoms with Crippen molar-refractivity contribution in [1.29, 1.82) is 0 Å². The second-order valence-electron chi connectivity index (χ2n) is 21.5. The van der Waals surface area contributed by atoms with Crippen LogP contribution < -0.4 is 0 Å². The van der Waals surface area contributed by atoms with Crippen LogP contribution in [0.3, 0.4) is 0 Å². The summed E-state index contributed by atoms with van der Waals surface area (Å²) in [6.45, 7) is 20.0. The van der Waals surface area contributed by atoms with Crippen LogP contribution in [0, 0.1) is 59.2 Å². The van der Waals surface area contributed by atoms with Gasteiger partial charge in [-0.05, 0) is 252 Å². The highest BCUT2D eigenvalue weighted by atomic mass is 15.1.